The molecule has 0 bridgehead atoms. The zero-order valence-corrected chi connectivity index (χ0v) is 13.6. The van der Waals surface area contributed by atoms with Gasteiger partial charge in [-0.15, -0.1) is 0 Å². The molecule has 0 N–H and O–H groups in total. The van der Waals surface area contributed by atoms with E-state index in [4.69, 9.17) is 21.1 Å². The Hall–Kier alpha value is -1.91. The fraction of sp³-hybridized carbons (Fsp3) is 0.333. The van der Waals surface area contributed by atoms with Gasteiger partial charge in [0.1, 0.15) is 0 Å². The number of benzene rings is 2. The summed E-state index contributed by atoms with van der Waals surface area (Å²) in [5, 5.41) is 0.793. The quantitative estimate of drug-likeness (QED) is 0.861. The van der Waals surface area contributed by atoms with Crippen LogP contribution < -0.4 is 14.4 Å². The normalized spacial score (nSPS) is 17.5. The van der Waals surface area contributed by atoms with E-state index in [-0.39, 0.29) is 0 Å². The van der Waals surface area contributed by atoms with Crippen LogP contribution in [0.4, 0.5) is 5.69 Å². The maximum Gasteiger partial charge on any atom is 0.231 e. The molecule has 2 aromatic rings. The summed E-state index contributed by atoms with van der Waals surface area (Å²) in [6, 6.07) is 14.2. The summed E-state index contributed by atoms with van der Waals surface area (Å²) in [5.41, 5.74) is 2.41. The summed E-state index contributed by atoms with van der Waals surface area (Å²) in [7, 11) is 0. The molecule has 0 amide bonds. The average molecular weight is 331 g/mol. The van der Waals surface area contributed by atoms with Crippen molar-refractivity contribution in [3.8, 4) is 11.5 Å². The Labute approximate surface area is 141 Å². The number of fused-ring (bicyclic) bond motifs is 1. The molecule has 5 heteroatoms. The first-order valence-corrected chi connectivity index (χ1v) is 8.28. The van der Waals surface area contributed by atoms with Gasteiger partial charge >= 0.3 is 0 Å². The third kappa shape index (κ3) is 3.09. The van der Waals surface area contributed by atoms with Crippen LogP contribution >= 0.6 is 11.6 Å². The van der Waals surface area contributed by atoms with Gasteiger partial charge in [-0.05, 0) is 24.3 Å². The van der Waals surface area contributed by atoms with E-state index in [9.17, 15) is 0 Å². The molecule has 0 unspecified atom stereocenters. The Morgan fingerprint density at radius 2 is 1.78 bits per heavy atom. The highest BCUT2D eigenvalue weighted by Crippen LogP contribution is 2.36. The number of anilines is 1. The Bertz CT molecular complexity index is 699. The molecule has 23 heavy (non-hydrogen) atoms. The molecule has 4 nitrogen and oxygen atoms in total. The molecular formula is C18H19ClN2O2. The standard InChI is InChI=1S/C18H19ClN2O2/c19-15-4-2-5-16(11-15)21-9-7-20(8-10-21)12-14-3-1-6-17-18(14)23-13-22-17/h1-6,11H,7-10,12-13H2. The molecule has 120 valence electrons. The number of hydrogen-bond acceptors (Lipinski definition) is 4. The third-order valence-corrected chi connectivity index (χ3v) is 4.65. The fourth-order valence-corrected chi connectivity index (χ4v) is 3.38. The molecule has 0 spiro atoms. The average Bonchev–Trinajstić information content (AvgIpc) is 3.05. The summed E-state index contributed by atoms with van der Waals surface area (Å²) < 4.78 is 11.1. The van der Waals surface area contributed by atoms with Gasteiger partial charge in [0.2, 0.25) is 6.79 Å². The smallest absolute Gasteiger partial charge is 0.231 e. The van der Waals surface area contributed by atoms with Gasteiger partial charge in [0.25, 0.3) is 0 Å². The van der Waals surface area contributed by atoms with Gasteiger partial charge in [0.15, 0.2) is 11.5 Å². The van der Waals surface area contributed by atoms with E-state index in [1.165, 1.54) is 11.3 Å². The fourth-order valence-electron chi connectivity index (χ4n) is 3.19. The van der Waals surface area contributed by atoms with Crippen LogP contribution in [0.15, 0.2) is 42.5 Å². The number of rotatable bonds is 3. The Kier molecular flexibility index (Phi) is 4.02. The van der Waals surface area contributed by atoms with Gasteiger partial charge < -0.3 is 14.4 Å². The highest BCUT2D eigenvalue weighted by atomic mass is 35.5. The van der Waals surface area contributed by atoms with Crippen LogP contribution in [0.2, 0.25) is 5.02 Å². The maximum absolute atomic E-state index is 6.09. The largest absolute Gasteiger partial charge is 0.454 e. The lowest BCUT2D eigenvalue weighted by Gasteiger charge is -2.36. The molecule has 1 saturated heterocycles. The molecular weight excluding hydrogens is 312 g/mol. The number of nitrogens with zero attached hydrogens (tertiary/aromatic N) is 2. The van der Waals surface area contributed by atoms with Crippen molar-refractivity contribution in [2.75, 3.05) is 37.9 Å². The van der Waals surface area contributed by atoms with E-state index >= 15 is 0 Å². The molecule has 2 aromatic carbocycles. The first-order valence-electron chi connectivity index (χ1n) is 7.90. The lowest BCUT2D eigenvalue weighted by atomic mass is 10.1. The van der Waals surface area contributed by atoms with Crippen LogP contribution in [0.1, 0.15) is 5.56 Å². The van der Waals surface area contributed by atoms with Gasteiger partial charge in [-0.1, -0.05) is 29.8 Å². The minimum atomic E-state index is 0.328. The summed E-state index contributed by atoms with van der Waals surface area (Å²) in [6.07, 6.45) is 0. The second-order valence-corrected chi connectivity index (χ2v) is 6.33. The maximum atomic E-state index is 6.09. The van der Waals surface area contributed by atoms with Crippen LogP contribution in [-0.2, 0) is 6.54 Å². The molecule has 0 aromatic heterocycles. The van der Waals surface area contributed by atoms with Crippen LogP contribution in [-0.4, -0.2) is 37.9 Å². The van der Waals surface area contributed by atoms with E-state index in [1.54, 1.807) is 0 Å². The molecule has 0 radical (unpaired) electrons. The summed E-state index contributed by atoms with van der Waals surface area (Å²) in [6.45, 7) is 5.29. The van der Waals surface area contributed by atoms with Crippen LogP contribution in [0.25, 0.3) is 0 Å². The van der Waals surface area contributed by atoms with Crippen LogP contribution in [0, 0.1) is 0 Å². The van der Waals surface area contributed by atoms with Crippen molar-refractivity contribution in [1.82, 2.24) is 4.90 Å². The first kappa shape index (κ1) is 14.7. The molecule has 2 heterocycles. The van der Waals surface area contributed by atoms with Gasteiger partial charge in [0.05, 0.1) is 0 Å². The second kappa shape index (κ2) is 6.30. The Morgan fingerprint density at radius 1 is 0.957 bits per heavy atom. The van der Waals surface area contributed by atoms with E-state index in [0.717, 1.165) is 49.2 Å². The molecule has 2 aliphatic rings. The topological polar surface area (TPSA) is 24.9 Å². The summed E-state index contributed by atoms with van der Waals surface area (Å²) >= 11 is 6.09. The van der Waals surface area contributed by atoms with E-state index in [2.05, 4.69) is 21.9 Å². The van der Waals surface area contributed by atoms with Crippen molar-refractivity contribution >= 4 is 17.3 Å². The molecule has 4 rings (SSSR count). The van der Waals surface area contributed by atoms with Crippen LogP contribution in [0.3, 0.4) is 0 Å². The minimum Gasteiger partial charge on any atom is -0.454 e. The third-order valence-electron chi connectivity index (χ3n) is 4.42. The summed E-state index contributed by atoms with van der Waals surface area (Å²) in [4.78, 5) is 4.84. The van der Waals surface area contributed by atoms with E-state index in [0.29, 0.717) is 6.79 Å². The molecule has 2 aliphatic heterocycles. The Morgan fingerprint density at radius 3 is 2.61 bits per heavy atom. The van der Waals surface area contributed by atoms with Crippen molar-refractivity contribution in [2.24, 2.45) is 0 Å². The predicted molar refractivity (Wildman–Crippen MR) is 91.5 cm³/mol. The van der Waals surface area contributed by atoms with Crippen LogP contribution in [0.5, 0.6) is 11.5 Å². The number of halogens is 1. The lowest BCUT2D eigenvalue weighted by molar-refractivity contribution is 0.171. The monoisotopic (exact) mass is 330 g/mol. The zero-order valence-electron chi connectivity index (χ0n) is 12.9. The highest BCUT2D eigenvalue weighted by molar-refractivity contribution is 6.30. The van der Waals surface area contributed by atoms with Gasteiger partial charge in [-0.2, -0.15) is 0 Å². The number of para-hydroxylation sites is 1. The van der Waals surface area contributed by atoms with Crippen molar-refractivity contribution in [3.63, 3.8) is 0 Å². The number of piperazine rings is 1. The van der Waals surface area contributed by atoms with E-state index < -0.39 is 0 Å². The second-order valence-electron chi connectivity index (χ2n) is 5.89. The van der Waals surface area contributed by atoms with Crippen molar-refractivity contribution < 1.29 is 9.47 Å². The first-order chi connectivity index (χ1) is 11.3. The molecule has 0 saturated carbocycles. The minimum absolute atomic E-state index is 0.328. The van der Waals surface area contributed by atoms with Crippen molar-refractivity contribution in [1.29, 1.82) is 0 Å². The molecule has 0 atom stereocenters. The number of ether oxygens (including phenoxy) is 2. The Balaban J connectivity index is 1.40. The summed E-state index contributed by atoms with van der Waals surface area (Å²) in [5.74, 6) is 1.77. The zero-order chi connectivity index (χ0) is 15.6. The van der Waals surface area contributed by atoms with Crippen molar-refractivity contribution in [2.45, 2.75) is 6.54 Å². The van der Waals surface area contributed by atoms with E-state index in [1.807, 2.05) is 30.3 Å². The van der Waals surface area contributed by atoms with Gasteiger partial charge in [-0.3, -0.25) is 4.90 Å². The van der Waals surface area contributed by atoms with Gasteiger partial charge in [-0.25, -0.2) is 0 Å². The lowest BCUT2D eigenvalue weighted by Crippen LogP contribution is -2.46. The van der Waals surface area contributed by atoms with Gasteiger partial charge in [0, 0.05) is 49.0 Å². The molecule has 1 fully saturated rings. The SMILES string of the molecule is Clc1cccc(N2CCN(Cc3cccc4c3OCO4)CC2)c1. The van der Waals surface area contributed by atoms with Crippen molar-refractivity contribution in [3.05, 3.63) is 53.1 Å². The predicted octanol–water partition coefficient (Wildman–Crippen LogP) is 3.39. The highest BCUT2D eigenvalue weighted by Gasteiger charge is 2.22. The molecule has 0 aliphatic carbocycles. The number of hydrogen-bond donors (Lipinski definition) is 0.